The summed E-state index contributed by atoms with van der Waals surface area (Å²) < 4.78 is 5.75. The third-order valence-corrected chi connectivity index (χ3v) is 3.10. The number of aliphatic imine (C=N–C) groups is 1. The van der Waals surface area contributed by atoms with Gasteiger partial charge in [0.25, 0.3) is 0 Å². The third kappa shape index (κ3) is 1.18. The molecule has 2 heteroatoms. The molecule has 0 bridgehead atoms. The second-order valence-corrected chi connectivity index (χ2v) is 4.02. The Morgan fingerprint density at radius 2 is 2.58 bits per heavy atom. The molecule has 0 N–H and O–H groups in total. The van der Waals surface area contributed by atoms with Crippen LogP contribution in [0.4, 0.5) is 0 Å². The van der Waals surface area contributed by atoms with Crippen LogP contribution in [0.5, 0.6) is 0 Å². The van der Waals surface area contributed by atoms with E-state index in [4.69, 9.17) is 4.74 Å². The van der Waals surface area contributed by atoms with Crippen LogP contribution in [0.3, 0.4) is 0 Å². The number of rotatable bonds is 2. The van der Waals surface area contributed by atoms with E-state index in [9.17, 15) is 0 Å². The Labute approximate surface area is 74.0 Å². The second kappa shape index (κ2) is 2.84. The van der Waals surface area contributed by atoms with Crippen LogP contribution < -0.4 is 0 Å². The summed E-state index contributed by atoms with van der Waals surface area (Å²) in [4.78, 5) is 4.31. The van der Waals surface area contributed by atoms with Crippen molar-refractivity contribution in [3.05, 3.63) is 0 Å². The van der Waals surface area contributed by atoms with Crippen LogP contribution in [0.15, 0.2) is 4.99 Å². The molecule has 12 heavy (non-hydrogen) atoms. The Morgan fingerprint density at radius 1 is 1.75 bits per heavy atom. The van der Waals surface area contributed by atoms with Crippen LogP contribution in [0.2, 0.25) is 0 Å². The van der Waals surface area contributed by atoms with E-state index in [1.54, 1.807) is 0 Å². The second-order valence-electron chi connectivity index (χ2n) is 4.02. The van der Waals surface area contributed by atoms with Gasteiger partial charge in [0.15, 0.2) is 0 Å². The van der Waals surface area contributed by atoms with Crippen molar-refractivity contribution in [2.45, 2.75) is 44.8 Å². The van der Waals surface area contributed by atoms with Crippen LogP contribution >= 0.6 is 0 Å². The van der Waals surface area contributed by atoms with Gasteiger partial charge in [-0.2, -0.15) is 0 Å². The number of nitrogens with zero attached hydrogens (tertiary/aromatic N) is 1. The van der Waals surface area contributed by atoms with Crippen molar-refractivity contribution in [1.82, 2.24) is 0 Å². The molecule has 0 aliphatic carbocycles. The summed E-state index contributed by atoms with van der Waals surface area (Å²) in [5, 5.41) is 0. The molecule has 0 saturated carbocycles. The van der Waals surface area contributed by atoms with E-state index in [0.717, 1.165) is 6.54 Å². The van der Waals surface area contributed by atoms with Gasteiger partial charge in [-0.1, -0.05) is 20.3 Å². The molecule has 1 saturated heterocycles. The molecule has 3 atom stereocenters. The quantitative estimate of drug-likeness (QED) is 0.578. The van der Waals surface area contributed by atoms with Gasteiger partial charge in [-0.05, 0) is 18.8 Å². The predicted molar refractivity (Wildman–Crippen MR) is 49.7 cm³/mol. The molecule has 2 aliphatic rings. The topological polar surface area (TPSA) is 24.9 Å². The molecule has 2 rings (SSSR count). The highest BCUT2D eigenvalue weighted by molar-refractivity contribution is 5.74. The SMILES string of the molecule is CC[C@@H](C)[C@@H]1O[C@]12C=NCCC2. The van der Waals surface area contributed by atoms with Gasteiger partial charge in [0.05, 0.1) is 6.10 Å². The normalized spacial score (nSPS) is 41.7. The van der Waals surface area contributed by atoms with E-state index < -0.39 is 0 Å². The van der Waals surface area contributed by atoms with Gasteiger partial charge in [-0.25, -0.2) is 0 Å². The fourth-order valence-corrected chi connectivity index (χ4v) is 2.05. The van der Waals surface area contributed by atoms with E-state index in [0.29, 0.717) is 12.0 Å². The van der Waals surface area contributed by atoms with Crippen molar-refractivity contribution >= 4 is 6.21 Å². The van der Waals surface area contributed by atoms with Gasteiger partial charge >= 0.3 is 0 Å². The maximum atomic E-state index is 5.75. The van der Waals surface area contributed by atoms with Crippen molar-refractivity contribution < 1.29 is 4.74 Å². The molecule has 0 radical (unpaired) electrons. The zero-order chi connectivity index (χ0) is 8.60. The highest BCUT2D eigenvalue weighted by atomic mass is 16.6. The first-order valence-corrected chi connectivity index (χ1v) is 4.97. The summed E-state index contributed by atoms with van der Waals surface area (Å²) in [7, 11) is 0. The molecule has 2 nitrogen and oxygen atoms in total. The van der Waals surface area contributed by atoms with Crippen molar-refractivity contribution in [2.75, 3.05) is 6.54 Å². The number of epoxide rings is 1. The van der Waals surface area contributed by atoms with Gasteiger partial charge < -0.3 is 4.74 Å². The minimum Gasteiger partial charge on any atom is -0.360 e. The average molecular weight is 167 g/mol. The van der Waals surface area contributed by atoms with Gasteiger partial charge in [0.1, 0.15) is 5.60 Å². The summed E-state index contributed by atoms with van der Waals surface area (Å²) in [6.45, 7) is 5.49. The van der Waals surface area contributed by atoms with Crippen LogP contribution in [0.25, 0.3) is 0 Å². The molecule has 1 fully saturated rings. The lowest BCUT2D eigenvalue weighted by Crippen LogP contribution is -2.24. The average Bonchev–Trinajstić information content (AvgIpc) is 2.80. The Morgan fingerprint density at radius 3 is 3.17 bits per heavy atom. The lowest BCUT2D eigenvalue weighted by Gasteiger charge is -2.13. The zero-order valence-electron chi connectivity index (χ0n) is 7.92. The molecule has 1 spiro atoms. The van der Waals surface area contributed by atoms with E-state index in [2.05, 4.69) is 18.8 Å². The molecular weight excluding hydrogens is 150 g/mol. The van der Waals surface area contributed by atoms with E-state index >= 15 is 0 Å². The first-order chi connectivity index (χ1) is 5.78. The van der Waals surface area contributed by atoms with Crippen LogP contribution in [0, 0.1) is 5.92 Å². The van der Waals surface area contributed by atoms with Crippen LogP contribution in [-0.2, 0) is 4.74 Å². The Balaban J connectivity index is 1.99. The summed E-state index contributed by atoms with van der Waals surface area (Å²) in [6, 6.07) is 0. The van der Waals surface area contributed by atoms with Gasteiger partial charge in [0.2, 0.25) is 0 Å². The van der Waals surface area contributed by atoms with Gasteiger partial charge in [-0.3, -0.25) is 4.99 Å². The lowest BCUT2D eigenvalue weighted by molar-refractivity contribution is 0.299. The van der Waals surface area contributed by atoms with Gasteiger partial charge in [0, 0.05) is 12.8 Å². The molecule has 2 heterocycles. The fraction of sp³-hybridized carbons (Fsp3) is 0.900. The highest BCUT2D eigenvalue weighted by Gasteiger charge is 2.57. The molecule has 0 unspecified atom stereocenters. The third-order valence-electron chi connectivity index (χ3n) is 3.10. The number of ether oxygens (including phenoxy) is 1. The molecule has 0 amide bonds. The Bertz CT molecular complexity index is 202. The van der Waals surface area contributed by atoms with Crippen molar-refractivity contribution in [3.8, 4) is 0 Å². The van der Waals surface area contributed by atoms with Gasteiger partial charge in [-0.15, -0.1) is 0 Å². The Kier molecular flexibility index (Phi) is 1.95. The monoisotopic (exact) mass is 167 g/mol. The van der Waals surface area contributed by atoms with E-state index in [1.165, 1.54) is 19.3 Å². The molecule has 0 aromatic heterocycles. The zero-order valence-corrected chi connectivity index (χ0v) is 7.92. The van der Waals surface area contributed by atoms with Crippen molar-refractivity contribution in [3.63, 3.8) is 0 Å². The molecule has 68 valence electrons. The summed E-state index contributed by atoms with van der Waals surface area (Å²) in [5.41, 5.74) is 0.0771. The molecular formula is C10H17NO. The van der Waals surface area contributed by atoms with Crippen LogP contribution in [-0.4, -0.2) is 24.5 Å². The first-order valence-electron chi connectivity index (χ1n) is 4.97. The fourth-order valence-electron chi connectivity index (χ4n) is 2.05. The van der Waals surface area contributed by atoms with E-state index in [1.807, 2.05) is 6.21 Å². The molecule has 2 aliphatic heterocycles. The minimum atomic E-state index is 0.0771. The lowest BCUT2D eigenvalue weighted by atomic mass is 9.90. The summed E-state index contributed by atoms with van der Waals surface area (Å²) in [5.74, 6) is 0.689. The van der Waals surface area contributed by atoms with E-state index in [-0.39, 0.29) is 5.60 Å². The largest absolute Gasteiger partial charge is 0.360 e. The number of hydrogen-bond donors (Lipinski definition) is 0. The maximum Gasteiger partial charge on any atom is 0.130 e. The Hall–Kier alpha value is -0.370. The predicted octanol–water partition coefficient (Wildman–Crippen LogP) is 2.03. The summed E-state index contributed by atoms with van der Waals surface area (Å²) in [6.07, 6.45) is 6.11. The highest BCUT2D eigenvalue weighted by Crippen LogP contribution is 2.45. The molecule has 0 aromatic rings. The summed E-state index contributed by atoms with van der Waals surface area (Å²) >= 11 is 0. The minimum absolute atomic E-state index is 0.0771. The van der Waals surface area contributed by atoms with Crippen LogP contribution in [0.1, 0.15) is 33.1 Å². The van der Waals surface area contributed by atoms with Crippen molar-refractivity contribution in [2.24, 2.45) is 10.9 Å². The number of hydrogen-bond acceptors (Lipinski definition) is 2. The standard InChI is InChI=1S/C10H17NO/c1-3-8(2)9-10(12-9)5-4-6-11-7-10/h7-9H,3-6H2,1-2H3/t8-,9+,10-/m1/s1. The smallest absolute Gasteiger partial charge is 0.130 e. The molecule has 0 aromatic carbocycles. The van der Waals surface area contributed by atoms with Crippen molar-refractivity contribution in [1.29, 1.82) is 0 Å². The first kappa shape index (κ1) is 8.24. The maximum absolute atomic E-state index is 5.75.